The molecule has 28 heavy (non-hydrogen) atoms. The third kappa shape index (κ3) is 4.77. The van der Waals surface area contributed by atoms with Crippen molar-refractivity contribution in [3.05, 3.63) is 54.1 Å². The molecule has 3 rings (SSSR count). The largest absolute Gasteiger partial charge is 0.322 e. The molecule has 1 amide bonds. The standard InChI is InChI=1S/C21H26N2O3S2/c1-23(18-8-4-3-5-9-18)28(25,26)20-13-11-16(12-14-20)21(24)22-17-7-6-10-19(15-17)27-2/h6-7,10-15,18H,3-5,8-9H2,1-2H3,(H,22,24). The van der Waals surface area contributed by atoms with Gasteiger partial charge in [-0.3, -0.25) is 4.79 Å². The Morgan fingerprint density at radius 2 is 1.75 bits per heavy atom. The summed E-state index contributed by atoms with van der Waals surface area (Å²) in [7, 11) is -1.89. The van der Waals surface area contributed by atoms with Crippen LogP contribution in [0.25, 0.3) is 0 Å². The Labute approximate surface area is 171 Å². The molecule has 1 aliphatic carbocycles. The van der Waals surface area contributed by atoms with E-state index in [2.05, 4.69) is 5.32 Å². The first kappa shape index (κ1) is 20.9. The maximum absolute atomic E-state index is 12.9. The highest BCUT2D eigenvalue weighted by molar-refractivity contribution is 7.98. The molecule has 0 radical (unpaired) electrons. The van der Waals surface area contributed by atoms with Gasteiger partial charge in [-0.05, 0) is 61.6 Å². The van der Waals surface area contributed by atoms with E-state index in [9.17, 15) is 13.2 Å². The third-order valence-electron chi connectivity index (χ3n) is 5.21. The van der Waals surface area contributed by atoms with Gasteiger partial charge in [0.05, 0.1) is 4.90 Å². The van der Waals surface area contributed by atoms with Gasteiger partial charge in [-0.25, -0.2) is 8.42 Å². The molecule has 1 N–H and O–H groups in total. The van der Waals surface area contributed by atoms with Gasteiger partial charge in [-0.1, -0.05) is 25.3 Å². The Morgan fingerprint density at radius 3 is 2.39 bits per heavy atom. The summed E-state index contributed by atoms with van der Waals surface area (Å²) in [6, 6.07) is 13.8. The number of anilines is 1. The van der Waals surface area contributed by atoms with Crippen molar-refractivity contribution in [3.63, 3.8) is 0 Å². The van der Waals surface area contributed by atoms with Crippen molar-refractivity contribution < 1.29 is 13.2 Å². The molecule has 1 aliphatic rings. The number of thioether (sulfide) groups is 1. The first-order valence-electron chi connectivity index (χ1n) is 9.45. The molecule has 2 aromatic rings. The molecule has 150 valence electrons. The summed E-state index contributed by atoms with van der Waals surface area (Å²) >= 11 is 1.60. The number of carbonyl (C=O) groups is 1. The summed E-state index contributed by atoms with van der Waals surface area (Å²) in [4.78, 5) is 13.8. The lowest BCUT2D eigenvalue weighted by atomic mass is 9.96. The number of rotatable bonds is 6. The molecular formula is C21H26N2O3S2. The molecule has 0 spiro atoms. The fourth-order valence-corrected chi connectivity index (χ4v) is 5.36. The van der Waals surface area contributed by atoms with Gasteiger partial charge in [-0.2, -0.15) is 4.31 Å². The van der Waals surface area contributed by atoms with Crippen LogP contribution >= 0.6 is 11.8 Å². The van der Waals surface area contributed by atoms with E-state index in [4.69, 9.17) is 0 Å². The van der Waals surface area contributed by atoms with Gasteiger partial charge in [0.1, 0.15) is 0 Å². The minimum absolute atomic E-state index is 0.0606. The van der Waals surface area contributed by atoms with E-state index < -0.39 is 10.0 Å². The monoisotopic (exact) mass is 418 g/mol. The topological polar surface area (TPSA) is 66.5 Å². The van der Waals surface area contributed by atoms with Gasteiger partial charge in [0.15, 0.2) is 0 Å². The van der Waals surface area contributed by atoms with E-state index >= 15 is 0 Å². The molecular weight excluding hydrogens is 392 g/mol. The Bertz CT molecular complexity index is 921. The predicted molar refractivity (Wildman–Crippen MR) is 114 cm³/mol. The van der Waals surface area contributed by atoms with Crippen LogP contribution in [-0.2, 0) is 10.0 Å². The van der Waals surface area contributed by atoms with Gasteiger partial charge in [0, 0.05) is 29.2 Å². The average molecular weight is 419 g/mol. The number of nitrogens with one attached hydrogen (secondary N) is 1. The van der Waals surface area contributed by atoms with Crippen LogP contribution in [0.2, 0.25) is 0 Å². The summed E-state index contributed by atoms with van der Waals surface area (Å²) in [5.74, 6) is -0.261. The summed E-state index contributed by atoms with van der Waals surface area (Å²) in [6.07, 6.45) is 7.11. The minimum atomic E-state index is -3.55. The van der Waals surface area contributed by atoms with Crippen molar-refractivity contribution in [1.82, 2.24) is 4.31 Å². The second-order valence-electron chi connectivity index (χ2n) is 7.02. The molecule has 0 heterocycles. The highest BCUT2D eigenvalue weighted by Crippen LogP contribution is 2.26. The Morgan fingerprint density at radius 1 is 1.07 bits per heavy atom. The smallest absolute Gasteiger partial charge is 0.255 e. The highest BCUT2D eigenvalue weighted by atomic mass is 32.2. The Hall–Kier alpha value is -1.83. The van der Waals surface area contributed by atoms with Gasteiger partial charge < -0.3 is 5.32 Å². The van der Waals surface area contributed by atoms with E-state index in [-0.39, 0.29) is 16.8 Å². The maximum atomic E-state index is 12.9. The van der Waals surface area contributed by atoms with Crippen molar-refractivity contribution in [1.29, 1.82) is 0 Å². The van der Waals surface area contributed by atoms with Gasteiger partial charge in [0.25, 0.3) is 5.91 Å². The predicted octanol–water partition coefficient (Wildman–Crippen LogP) is 4.61. The molecule has 0 aromatic heterocycles. The molecule has 0 bridgehead atoms. The van der Waals surface area contributed by atoms with Crippen LogP contribution < -0.4 is 5.32 Å². The Balaban J connectivity index is 1.72. The van der Waals surface area contributed by atoms with E-state index in [1.54, 1.807) is 30.9 Å². The van der Waals surface area contributed by atoms with Crippen molar-refractivity contribution in [2.24, 2.45) is 0 Å². The van der Waals surface area contributed by atoms with Crippen molar-refractivity contribution in [2.75, 3.05) is 18.6 Å². The van der Waals surface area contributed by atoms with Crippen molar-refractivity contribution in [2.45, 2.75) is 47.9 Å². The van der Waals surface area contributed by atoms with Gasteiger partial charge >= 0.3 is 0 Å². The molecule has 1 saturated carbocycles. The number of sulfonamides is 1. The van der Waals surface area contributed by atoms with Crippen molar-refractivity contribution >= 4 is 33.4 Å². The van der Waals surface area contributed by atoms with Gasteiger partial charge in [-0.15, -0.1) is 11.8 Å². The summed E-state index contributed by atoms with van der Waals surface area (Å²) in [5.41, 5.74) is 1.14. The number of carbonyl (C=O) groups excluding carboxylic acids is 1. The van der Waals surface area contributed by atoms with Crippen molar-refractivity contribution in [3.8, 4) is 0 Å². The highest BCUT2D eigenvalue weighted by Gasteiger charge is 2.29. The lowest BCUT2D eigenvalue weighted by molar-refractivity contribution is 0.102. The zero-order chi connectivity index (χ0) is 20.1. The number of nitrogens with zero attached hydrogens (tertiary/aromatic N) is 1. The fourth-order valence-electron chi connectivity index (χ4n) is 3.49. The van der Waals surface area contributed by atoms with E-state index in [0.717, 1.165) is 30.6 Å². The normalized spacial score (nSPS) is 15.5. The number of hydrogen-bond donors (Lipinski definition) is 1. The molecule has 1 fully saturated rings. The number of benzene rings is 2. The van der Waals surface area contributed by atoms with E-state index in [1.807, 2.05) is 30.5 Å². The average Bonchev–Trinajstić information content (AvgIpc) is 2.74. The Kier molecular flexibility index (Phi) is 6.80. The first-order chi connectivity index (χ1) is 13.4. The third-order valence-corrected chi connectivity index (χ3v) is 7.86. The van der Waals surface area contributed by atoms with Gasteiger partial charge in [0.2, 0.25) is 10.0 Å². The quantitative estimate of drug-likeness (QED) is 0.696. The minimum Gasteiger partial charge on any atom is -0.322 e. The number of amides is 1. The lowest BCUT2D eigenvalue weighted by Crippen LogP contribution is -2.38. The van der Waals surface area contributed by atoms with Crippen LogP contribution in [0, 0.1) is 0 Å². The molecule has 0 aliphatic heterocycles. The second kappa shape index (κ2) is 9.11. The maximum Gasteiger partial charge on any atom is 0.255 e. The molecule has 2 aromatic carbocycles. The van der Waals surface area contributed by atoms with Crippen LogP contribution in [0.4, 0.5) is 5.69 Å². The van der Waals surface area contributed by atoms with Crippen LogP contribution in [0.3, 0.4) is 0 Å². The summed E-state index contributed by atoms with van der Waals surface area (Å²) < 4.78 is 27.3. The lowest BCUT2D eigenvalue weighted by Gasteiger charge is -2.30. The molecule has 0 unspecified atom stereocenters. The molecule has 0 atom stereocenters. The van der Waals surface area contributed by atoms with Crippen LogP contribution in [-0.4, -0.2) is 38.0 Å². The van der Waals surface area contributed by atoms with Crippen LogP contribution in [0.5, 0.6) is 0 Å². The van der Waals surface area contributed by atoms with Crippen LogP contribution in [0.1, 0.15) is 42.5 Å². The number of hydrogen-bond acceptors (Lipinski definition) is 4. The zero-order valence-electron chi connectivity index (χ0n) is 16.2. The molecule has 7 heteroatoms. The van der Waals surface area contributed by atoms with E-state index in [1.165, 1.54) is 22.9 Å². The summed E-state index contributed by atoms with van der Waals surface area (Å²) in [5, 5.41) is 2.85. The molecule has 0 saturated heterocycles. The molecule has 5 nitrogen and oxygen atoms in total. The second-order valence-corrected chi connectivity index (χ2v) is 9.90. The first-order valence-corrected chi connectivity index (χ1v) is 12.1. The zero-order valence-corrected chi connectivity index (χ0v) is 17.9. The summed E-state index contributed by atoms with van der Waals surface area (Å²) in [6.45, 7) is 0. The fraction of sp³-hybridized carbons (Fsp3) is 0.381. The van der Waals surface area contributed by atoms with Crippen LogP contribution in [0.15, 0.2) is 58.3 Å². The van der Waals surface area contributed by atoms with E-state index in [0.29, 0.717) is 11.3 Å². The SMILES string of the molecule is CSc1cccc(NC(=O)c2ccc(S(=O)(=O)N(C)C3CCCCC3)cc2)c1.